The molecule has 2 amide bonds. The monoisotopic (exact) mass is 637 g/mol. The Kier molecular flexibility index (Phi) is 8.72. The van der Waals surface area contributed by atoms with Crippen molar-refractivity contribution < 1.29 is 28.3 Å². The molecule has 2 saturated heterocycles. The quantitative estimate of drug-likeness (QED) is 0.371. The van der Waals surface area contributed by atoms with E-state index in [0.717, 1.165) is 5.56 Å². The summed E-state index contributed by atoms with van der Waals surface area (Å²) in [6.07, 6.45) is -0.489. The molecule has 0 bridgehead atoms. The van der Waals surface area contributed by atoms with Crippen molar-refractivity contribution in [1.82, 2.24) is 9.80 Å². The van der Waals surface area contributed by atoms with Crippen molar-refractivity contribution in [3.05, 3.63) is 63.1 Å². The molecule has 234 valence electrons. The minimum atomic E-state index is -3.03. The molecular weight excluding hydrogens is 599 g/mol. The highest BCUT2D eigenvalue weighted by molar-refractivity contribution is 6.37. The first-order chi connectivity index (χ1) is 19.8. The number of anilines is 1. The van der Waals surface area contributed by atoms with Crippen LogP contribution >= 0.6 is 23.2 Å². The minimum absolute atomic E-state index is 0.0253. The van der Waals surface area contributed by atoms with Gasteiger partial charge in [0.2, 0.25) is 11.8 Å². The zero-order chi connectivity index (χ0) is 32.3. The summed E-state index contributed by atoms with van der Waals surface area (Å²) in [7, 11) is 1.73. The Balaban J connectivity index is 0.00000135. The first kappa shape index (κ1) is 33.1. The lowest BCUT2D eigenvalue weighted by atomic mass is 9.74. The number of halogens is 4. The lowest BCUT2D eigenvalue weighted by Crippen LogP contribution is -2.51. The number of nitrogens with zero attached hydrogens (tertiary/aromatic N) is 2. The molecule has 3 aliphatic heterocycles. The van der Waals surface area contributed by atoms with Crippen LogP contribution in [0.5, 0.6) is 0 Å². The SMILES string of the molecule is CC1C(C(=O)N(C)CC(C)(C)c2cccc(C(C)(C)C)c2)C2CC(F)(F)CN2C12C(=O)Nc1c(Cl)cc(Cl)cc12.O=CO. The molecule has 4 unspecified atom stereocenters. The highest BCUT2D eigenvalue weighted by atomic mass is 35.5. The van der Waals surface area contributed by atoms with Crippen molar-refractivity contribution in [2.45, 2.75) is 76.3 Å². The highest BCUT2D eigenvalue weighted by Crippen LogP contribution is 2.60. The third kappa shape index (κ3) is 5.64. The van der Waals surface area contributed by atoms with E-state index in [2.05, 4.69) is 58.1 Å². The number of carboxylic acid groups (broad SMARTS) is 1. The maximum absolute atomic E-state index is 15.0. The normalized spacial score (nSPS) is 25.9. The molecule has 11 heteroatoms. The lowest BCUT2D eigenvalue weighted by molar-refractivity contribution is -0.137. The fourth-order valence-electron chi connectivity index (χ4n) is 7.28. The van der Waals surface area contributed by atoms with Gasteiger partial charge in [-0.25, -0.2) is 8.78 Å². The Morgan fingerprint density at radius 3 is 2.37 bits per heavy atom. The van der Waals surface area contributed by atoms with Gasteiger partial charge in [0.1, 0.15) is 5.54 Å². The van der Waals surface area contributed by atoms with E-state index in [1.165, 1.54) is 11.6 Å². The summed E-state index contributed by atoms with van der Waals surface area (Å²) in [5, 5.41) is 10.3. The van der Waals surface area contributed by atoms with E-state index < -0.39 is 53.6 Å². The molecule has 7 nitrogen and oxygen atoms in total. The van der Waals surface area contributed by atoms with Crippen LogP contribution in [-0.2, 0) is 30.8 Å². The molecule has 0 saturated carbocycles. The van der Waals surface area contributed by atoms with Crippen molar-refractivity contribution in [1.29, 1.82) is 0 Å². The van der Waals surface area contributed by atoms with Crippen molar-refractivity contribution in [2.75, 3.05) is 25.5 Å². The zero-order valence-corrected chi connectivity index (χ0v) is 27.0. The van der Waals surface area contributed by atoms with Crippen LogP contribution in [0.15, 0.2) is 36.4 Å². The van der Waals surface area contributed by atoms with Crippen molar-refractivity contribution in [2.24, 2.45) is 11.8 Å². The number of carbonyl (C=O) groups is 3. The first-order valence-electron chi connectivity index (χ1n) is 14.2. The third-order valence-corrected chi connectivity index (χ3v) is 9.75. The van der Waals surface area contributed by atoms with Gasteiger partial charge in [0, 0.05) is 48.0 Å². The number of fused-ring (bicyclic) bond motifs is 4. The minimum Gasteiger partial charge on any atom is -0.483 e. The first-order valence-corrected chi connectivity index (χ1v) is 15.0. The largest absolute Gasteiger partial charge is 0.483 e. The summed E-state index contributed by atoms with van der Waals surface area (Å²) in [6.45, 7) is 12.0. The molecule has 3 aliphatic rings. The average molecular weight is 639 g/mol. The molecule has 2 N–H and O–H groups in total. The Bertz CT molecular complexity index is 1440. The van der Waals surface area contributed by atoms with Gasteiger partial charge in [-0.1, -0.05) is 89.0 Å². The number of likely N-dealkylation sites (N-methyl/N-ethyl adjacent to an activating group) is 1. The van der Waals surface area contributed by atoms with E-state index in [9.17, 15) is 9.59 Å². The van der Waals surface area contributed by atoms with E-state index >= 15 is 8.78 Å². The average Bonchev–Trinajstić information content (AvgIpc) is 3.44. The molecule has 43 heavy (non-hydrogen) atoms. The van der Waals surface area contributed by atoms with Gasteiger partial charge < -0.3 is 15.3 Å². The summed E-state index contributed by atoms with van der Waals surface area (Å²) < 4.78 is 30.0. The predicted molar refractivity (Wildman–Crippen MR) is 164 cm³/mol. The molecular formula is C32H39Cl2F2N3O4. The molecule has 0 aliphatic carbocycles. The van der Waals surface area contributed by atoms with E-state index in [-0.39, 0.29) is 22.8 Å². The van der Waals surface area contributed by atoms with Gasteiger partial charge in [-0.2, -0.15) is 0 Å². The number of rotatable bonds is 4. The number of amides is 2. The maximum Gasteiger partial charge on any atom is 0.290 e. The topological polar surface area (TPSA) is 90.0 Å². The van der Waals surface area contributed by atoms with Gasteiger partial charge in [0.05, 0.1) is 23.2 Å². The van der Waals surface area contributed by atoms with E-state index in [1.807, 2.05) is 13.0 Å². The van der Waals surface area contributed by atoms with Crippen LogP contribution in [-0.4, -0.2) is 65.3 Å². The number of benzene rings is 2. The molecule has 0 radical (unpaired) electrons. The van der Waals surface area contributed by atoms with E-state index in [4.69, 9.17) is 33.1 Å². The fraction of sp³-hybridized carbons (Fsp3) is 0.531. The molecule has 3 heterocycles. The number of carbonyl (C=O) groups excluding carboxylic acids is 2. The van der Waals surface area contributed by atoms with Crippen LogP contribution in [0.3, 0.4) is 0 Å². The van der Waals surface area contributed by atoms with Crippen LogP contribution in [0.2, 0.25) is 10.0 Å². The summed E-state index contributed by atoms with van der Waals surface area (Å²) in [6, 6.07) is 10.7. The smallest absolute Gasteiger partial charge is 0.290 e. The van der Waals surface area contributed by atoms with Gasteiger partial charge in [0.15, 0.2) is 0 Å². The Morgan fingerprint density at radius 1 is 1.16 bits per heavy atom. The van der Waals surface area contributed by atoms with Gasteiger partial charge in [-0.15, -0.1) is 0 Å². The van der Waals surface area contributed by atoms with Crippen LogP contribution in [0.25, 0.3) is 0 Å². The molecule has 0 aromatic heterocycles. The van der Waals surface area contributed by atoms with E-state index in [0.29, 0.717) is 22.8 Å². The second-order valence-electron chi connectivity index (χ2n) is 13.6. The summed E-state index contributed by atoms with van der Waals surface area (Å²) >= 11 is 12.8. The summed E-state index contributed by atoms with van der Waals surface area (Å²) in [5.41, 5.74) is 1.24. The Morgan fingerprint density at radius 2 is 1.77 bits per heavy atom. The van der Waals surface area contributed by atoms with E-state index in [1.54, 1.807) is 22.9 Å². The summed E-state index contributed by atoms with van der Waals surface area (Å²) in [5.74, 6) is -5.13. The van der Waals surface area contributed by atoms with Crippen molar-refractivity contribution in [3.63, 3.8) is 0 Å². The molecule has 2 fully saturated rings. The lowest BCUT2D eigenvalue weighted by Gasteiger charge is -2.37. The van der Waals surface area contributed by atoms with Crippen LogP contribution in [0.1, 0.15) is 64.7 Å². The van der Waals surface area contributed by atoms with Gasteiger partial charge in [-0.05, 0) is 28.7 Å². The highest BCUT2D eigenvalue weighted by Gasteiger charge is 2.71. The predicted octanol–water partition coefficient (Wildman–Crippen LogP) is 6.55. The molecule has 2 aromatic rings. The second-order valence-corrected chi connectivity index (χ2v) is 14.5. The van der Waals surface area contributed by atoms with Gasteiger partial charge >= 0.3 is 0 Å². The molecule has 5 rings (SSSR count). The van der Waals surface area contributed by atoms with Crippen LogP contribution in [0, 0.1) is 11.8 Å². The van der Waals surface area contributed by atoms with Crippen LogP contribution < -0.4 is 5.32 Å². The maximum atomic E-state index is 15.0. The number of nitrogens with one attached hydrogen (secondary N) is 1. The Labute approximate surface area is 261 Å². The number of hydrogen-bond donors (Lipinski definition) is 2. The van der Waals surface area contributed by atoms with Gasteiger partial charge in [-0.3, -0.25) is 19.3 Å². The standard InChI is InChI=1S/C31H37Cl2F2N3O2.CH2O2/c1-17-24(26(39)37(7)15-29(5,6)19-10-8-9-18(11-19)28(2,3)4)23-14-30(34,35)16-38(23)31(17)21-12-20(32)13-22(33)25(21)36-27(31)40;2-1-3/h8-13,17,23-24H,14-16H2,1-7H3,(H,36,40);1H,(H,2,3). The van der Waals surface area contributed by atoms with Gasteiger partial charge in [0.25, 0.3) is 12.4 Å². The van der Waals surface area contributed by atoms with Crippen LogP contribution in [0.4, 0.5) is 14.5 Å². The zero-order valence-electron chi connectivity index (χ0n) is 25.5. The summed E-state index contributed by atoms with van der Waals surface area (Å²) in [4.78, 5) is 39.5. The van der Waals surface area contributed by atoms with Crippen molar-refractivity contribution >= 4 is 47.2 Å². The second kappa shape index (κ2) is 11.3. The number of hydrogen-bond acceptors (Lipinski definition) is 4. The Hall–Kier alpha value is -2.75. The molecule has 4 atom stereocenters. The number of alkyl halides is 2. The molecule has 1 spiro atoms. The fourth-order valence-corrected chi connectivity index (χ4v) is 7.82. The third-order valence-electron chi connectivity index (χ3n) is 9.23. The molecule has 2 aromatic carbocycles. The van der Waals surface area contributed by atoms with Crippen molar-refractivity contribution in [3.8, 4) is 0 Å².